The number of primary amides is 1. The van der Waals surface area contributed by atoms with E-state index >= 15 is 0 Å². The Morgan fingerprint density at radius 1 is 1.25 bits per heavy atom. The van der Waals surface area contributed by atoms with Crippen molar-refractivity contribution < 1.29 is 4.79 Å². The largest absolute Gasteiger partial charge is 0.366 e. The van der Waals surface area contributed by atoms with Gasteiger partial charge in [0.2, 0.25) is 5.91 Å². The molecule has 1 aromatic rings. The van der Waals surface area contributed by atoms with Gasteiger partial charge in [-0.25, -0.2) is 0 Å². The molecule has 0 heterocycles. The Labute approximate surface area is 98.9 Å². The van der Waals surface area contributed by atoms with Gasteiger partial charge >= 0.3 is 0 Å². The fraction of sp³-hybridized carbons (Fsp3) is 0.462. The molecule has 1 amide bonds. The Hall–Kier alpha value is -1.09. The van der Waals surface area contributed by atoms with Gasteiger partial charge in [0, 0.05) is 5.56 Å². The molecule has 0 fully saturated rings. The average molecular weight is 235 g/mol. The molecule has 0 saturated carbocycles. The summed E-state index contributed by atoms with van der Waals surface area (Å²) in [5, 5.41) is 1.17. The first-order valence-electron chi connectivity index (χ1n) is 5.68. The van der Waals surface area contributed by atoms with Crippen LogP contribution >= 0.6 is 0 Å². The zero-order valence-electron chi connectivity index (χ0n) is 10.8. The first-order valence-corrected chi connectivity index (χ1v) is 9.18. The average Bonchev–Trinajstić information content (AvgIpc) is 2.14. The van der Waals surface area contributed by atoms with Crippen LogP contribution in [0.2, 0.25) is 19.6 Å². The number of hydrogen-bond donors (Lipinski definition) is 1. The van der Waals surface area contributed by atoms with Gasteiger partial charge in [-0.2, -0.15) is 0 Å². The van der Waals surface area contributed by atoms with Crippen molar-refractivity contribution in [1.29, 1.82) is 0 Å². The highest BCUT2D eigenvalue weighted by Crippen LogP contribution is 2.20. The molecule has 0 aliphatic heterocycles. The van der Waals surface area contributed by atoms with E-state index in [1.165, 1.54) is 5.19 Å². The lowest BCUT2D eigenvalue weighted by Crippen LogP contribution is -2.43. The first kappa shape index (κ1) is 13.0. The highest BCUT2D eigenvalue weighted by molar-refractivity contribution is 6.89. The number of benzene rings is 1. The molecular formula is C13H21NOSi. The molecule has 2 nitrogen and oxygen atoms in total. The molecule has 3 heteroatoms. The van der Waals surface area contributed by atoms with Crippen LogP contribution in [0.5, 0.6) is 0 Å². The summed E-state index contributed by atoms with van der Waals surface area (Å²) in [5.41, 5.74) is 7.37. The van der Waals surface area contributed by atoms with Gasteiger partial charge in [-0.3, -0.25) is 4.79 Å². The lowest BCUT2D eigenvalue weighted by Gasteiger charge is -2.23. The highest BCUT2D eigenvalue weighted by atomic mass is 28.3. The van der Waals surface area contributed by atoms with E-state index in [0.717, 1.165) is 11.1 Å². The Balaban J connectivity index is 3.52. The molecule has 0 saturated heterocycles. The van der Waals surface area contributed by atoms with Crippen molar-refractivity contribution in [1.82, 2.24) is 0 Å². The predicted molar refractivity (Wildman–Crippen MR) is 72.0 cm³/mol. The SMILES string of the molecule is CC(C)c1cccc([Si](C)(C)C)c1C(N)=O. The third-order valence-corrected chi connectivity index (χ3v) is 4.81. The smallest absolute Gasteiger partial charge is 0.248 e. The van der Waals surface area contributed by atoms with E-state index in [1.54, 1.807) is 0 Å². The number of carbonyl (C=O) groups excluding carboxylic acids is 1. The van der Waals surface area contributed by atoms with Crippen molar-refractivity contribution in [3.05, 3.63) is 29.3 Å². The first-order chi connectivity index (χ1) is 7.25. The molecule has 1 rings (SSSR count). The Morgan fingerprint density at radius 2 is 1.81 bits per heavy atom. The van der Waals surface area contributed by atoms with Crippen LogP contribution in [0.25, 0.3) is 0 Å². The fourth-order valence-electron chi connectivity index (χ4n) is 1.95. The molecule has 0 spiro atoms. The second kappa shape index (κ2) is 4.42. The molecule has 0 bridgehead atoms. The van der Waals surface area contributed by atoms with Gasteiger partial charge in [0.05, 0.1) is 8.07 Å². The third kappa shape index (κ3) is 2.53. The van der Waals surface area contributed by atoms with Crippen LogP contribution in [0, 0.1) is 0 Å². The van der Waals surface area contributed by atoms with E-state index in [9.17, 15) is 4.79 Å². The fourth-order valence-corrected chi connectivity index (χ4v) is 3.57. The van der Waals surface area contributed by atoms with Gasteiger partial charge in [0.1, 0.15) is 0 Å². The molecule has 0 aliphatic carbocycles. The highest BCUT2D eigenvalue weighted by Gasteiger charge is 2.25. The molecule has 0 aromatic heterocycles. The van der Waals surface area contributed by atoms with Crippen LogP contribution in [0.1, 0.15) is 35.7 Å². The summed E-state index contributed by atoms with van der Waals surface area (Å²) in [7, 11) is -1.52. The van der Waals surface area contributed by atoms with E-state index in [4.69, 9.17) is 5.73 Å². The minimum absolute atomic E-state index is 0.290. The van der Waals surface area contributed by atoms with Crippen LogP contribution in [0.3, 0.4) is 0 Å². The summed E-state index contributed by atoms with van der Waals surface area (Å²) in [6, 6.07) is 6.10. The quantitative estimate of drug-likeness (QED) is 0.804. The predicted octanol–water partition coefficient (Wildman–Crippen LogP) is 2.45. The van der Waals surface area contributed by atoms with Gasteiger partial charge < -0.3 is 5.73 Å². The van der Waals surface area contributed by atoms with E-state index in [-0.39, 0.29) is 5.91 Å². The van der Waals surface area contributed by atoms with Crippen LogP contribution in [0.4, 0.5) is 0 Å². The van der Waals surface area contributed by atoms with Crippen LogP contribution < -0.4 is 10.9 Å². The Kier molecular flexibility index (Phi) is 3.58. The number of carbonyl (C=O) groups is 1. The van der Waals surface area contributed by atoms with Gasteiger partial charge in [-0.15, -0.1) is 0 Å². The maximum Gasteiger partial charge on any atom is 0.248 e. The molecule has 0 unspecified atom stereocenters. The van der Waals surface area contributed by atoms with Crippen molar-refractivity contribution in [2.45, 2.75) is 39.4 Å². The summed E-state index contributed by atoms with van der Waals surface area (Å²) >= 11 is 0. The van der Waals surface area contributed by atoms with Crippen LogP contribution in [0.15, 0.2) is 18.2 Å². The topological polar surface area (TPSA) is 43.1 Å². The Morgan fingerprint density at radius 3 is 2.19 bits per heavy atom. The molecule has 2 N–H and O–H groups in total. The van der Waals surface area contributed by atoms with Gasteiger partial charge in [-0.1, -0.05) is 51.7 Å². The van der Waals surface area contributed by atoms with Gasteiger partial charge in [0.15, 0.2) is 0 Å². The van der Waals surface area contributed by atoms with E-state index in [0.29, 0.717) is 5.92 Å². The Bertz CT molecular complexity index is 405. The summed E-state index contributed by atoms with van der Waals surface area (Å²) in [6.45, 7) is 10.9. The maximum atomic E-state index is 11.6. The van der Waals surface area contributed by atoms with E-state index in [2.05, 4.69) is 39.6 Å². The number of amides is 1. The van der Waals surface area contributed by atoms with E-state index in [1.807, 2.05) is 12.1 Å². The summed E-state index contributed by atoms with van der Waals surface area (Å²) in [5.74, 6) is 0.0422. The lowest BCUT2D eigenvalue weighted by atomic mass is 9.97. The summed E-state index contributed by atoms with van der Waals surface area (Å²) < 4.78 is 0. The van der Waals surface area contributed by atoms with Crippen molar-refractivity contribution in [3.63, 3.8) is 0 Å². The zero-order valence-corrected chi connectivity index (χ0v) is 11.8. The minimum Gasteiger partial charge on any atom is -0.366 e. The number of nitrogens with two attached hydrogens (primary N) is 1. The third-order valence-electron chi connectivity index (χ3n) is 2.77. The van der Waals surface area contributed by atoms with Crippen molar-refractivity contribution in [2.75, 3.05) is 0 Å². The van der Waals surface area contributed by atoms with Crippen molar-refractivity contribution >= 4 is 19.2 Å². The maximum absolute atomic E-state index is 11.6. The number of rotatable bonds is 3. The molecule has 88 valence electrons. The van der Waals surface area contributed by atoms with E-state index < -0.39 is 8.07 Å². The molecule has 0 aliphatic rings. The van der Waals surface area contributed by atoms with Crippen molar-refractivity contribution in [2.24, 2.45) is 5.73 Å². The molecular weight excluding hydrogens is 214 g/mol. The van der Waals surface area contributed by atoms with Crippen LogP contribution in [-0.4, -0.2) is 14.0 Å². The van der Waals surface area contributed by atoms with Crippen molar-refractivity contribution in [3.8, 4) is 0 Å². The van der Waals surface area contributed by atoms with Gasteiger partial charge in [0.25, 0.3) is 0 Å². The summed E-state index contributed by atoms with van der Waals surface area (Å²) in [6.07, 6.45) is 0. The lowest BCUT2D eigenvalue weighted by molar-refractivity contribution is 0.1000. The molecule has 16 heavy (non-hydrogen) atoms. The summed E-state index contributed by atoms with van der Waals surface area (Å²) in [4.78, 5) is 11.6. The van der Waals surface area contributed by atoms with Crippen LogP contribution in [-0.2, 0) is 0 Å². The standard InChI is InChI=1S/C13H21NOSi/c1-9(2)10-7-6-8-11(16(3,4)5)12(10)13(14)15/h6-9H,1-5H3,(H2,14,15). The van der Waals surface area contributed by atoms with Gasteiger partial charge in [-0.05, 0) is 16.7 Å². The molecule has 0 atom stereocenters. The molecule has 0 radical (unpaired) electrons. The second-order valence-corrected chi connectivity index (χ2v) is 10.6. The second-order valence-electron chi connectivity index (χ2n) is 5.54. The monoisotopic (exact) mass is 235 g/mol. The normalized spacial score (nSPS) is 11.9. The zero-order chi connectivity index (χ0) is 12.5. The number of hydrogen-bond acceptors (Lipinski definition) is 1. The molecule has 1 aromatic carbocycles. The minimum atomic E-state index is -1.52.